The molecule has 0 aliphatic carbocycles. The second kappa shape index (κ2) is 5.13. The van der Waals surface area contributed by atoms with Crippen molar-refractivity contribution in [2.24, 2.45) is 0 Å². The van der Waals surface area contributed by atoms with Gasteiger partial charge in [0, 0.05) is 5.56 Å². The molecule has 1 aromatic carbocycles. The third-order valence-electron chi connectivity index (χ3n) is 3.50. The summed E-state index contributed by atoms with van der Waals surface area (Å²) in [5, 5.41) is 3.00. The first-order valence-electron chi connectivity index (χ1n) is 6.29. The second-order valence-corrected chi connectivity index (χ2v) is 4.79. The molecule has 0 aromatic heterocycles. The maximum absolute atomic E-state index is 14.4. The van der Waals surface area contributed by atoms with E-state index in [0.717, 1.165) is 19.3 Å². The fraction of sp³-hybridized carbons (Fsp3) is 0.571. The minimum absolute atomic E-state index is 0.166. The summed E-state index contributed by atoms with van der Waals surface area (Å²) in [7, 11) is 0. The number of hydrogen-bond acceptors (Lipinski definition) is 1. The normalized spacial score (nSPS) is 22.2. The lowest BCUT2D eigenvalue weighted by molar-refractivity contribution is -0.0453. The van der Waals surface area contributed by atoms with Gasteiger partial charge < -0.3 is 5.32 Å². The van der Waals surface area contributed by atoms with Crippen molar-refractivity contribution >= 4 is 0 Å². The van der Waals surface area contributed by atoms with Gasteiger partial charge in [0.2, 0.25) is 0 Å². The maximum atomic E-state index is 14.4. The molecule has 0 spiro atoms. The van der Waals surface area contributed by atoms with E-state index >= 15 is 0 Å². The van der Waals surface area contributed by atoms with Crippen LogP contribution in [0.2, 0.25) is 0 Å². The van der Waals surface area contributed by atoms with E-state index in [1.54, 1.807) is 31.2 Å². The van der Waals surface area contributed by atoms with Crippen molar-refractivity contribution in [1.29, 1.82) is 0 Å². The zero-order valence-corrected chi connectivity index (χ0v) is 10.2. The summed E-state index contributed by atoms with van der Waals surface area (Å²) in [6, 6.07) is 6.07. The van der Waals surface area contributed by atoms with Crippen LogP contribution in [0.25, 0.3) is 0 Å². The number of benzene rings is 1. The summed E-state index contributed by atoms with van der Waals surface area (Å²) in [6.45, 7) is 2.45. The molecule has 1 aliphatic heterocycles. The number of hydrogen-bond donors (Lipinski definition) is 1. The highest BCUT2D eigenvalue weighted by atomic mass is 19.3. The van der Waals surface area contributed by atoms with Crippen molar-refractivity contribution < 1.29 is 8.78 Å². The molecule has 0 saturated carbocycles. The number of nitrogens with one attached hydrogen (secondary N) is 1. The molecule has 0 amide bonds. The maximum Gasteiger partial charge on any atom is 0.288 e. The van der Waals surface area contributed by atoms with Crippen LogP contribution in [-0.4, -0.2) is 12.6 Å². The third kappa shape index (κ3) is 2.65. The van der Waals surface area contributed by atoms with Gasteiger partial charge in [-0.2, -0.15) is 8.78 Å². The lowest BCUT2D eigenvalue weighted by Crippen LogP contribution is -2.42. The van der Waals surface area contributed by atoms with Crippen molar-refractivity contribution in [2.45, 2.75) is 44.6 Å². The predicted molar refractivity (Wildman–Crippen MR) is 65.3 cm³/mol. The molecule has 0 radical (unpaired) electrons. The Labute approximate surface area is 101 Å². The predicted octanol–water partition coefficient (Wildman–Crippen LogP) is 3.62. The van der Waals surface area contributed by atoms with Gasteiger partial charge in [-0.15, -0.1) is 0 Å². The molecule has 1 nitrogen and oxygen atoms in total. The molecule has 1 N–H and O–H groups in total. The third-order valence-corrected chi connectivity index (χ3v) is 3.50. The van der Waals surface area contributed by atoms with Gasteiger partial charge in [0.05, 0.1) is 6.04 Å². The van der Waals surface area contributed by atoms with Crippen LogP contribution in [-0.2, 0) is 5.92 Å². The van der Waals surface area contributed by atoms with Crippen LogP contribution in [0, 0.1) is 6.92 Å². The Kier molecular flexibility index (Phi) is 3.77. The first-order valence-corrected chi connectivity index (χ1v) is 6.29. The molecule has 1 heterocycles. The van der Waals surface area contributed by atoms with Gasteiger partial charge in [0.1, 0.15) is 0 Å². The van der Waals surface area contributed by atoms with E-state index in [4.69, 9.17) is 0 Å². The van der Waals surface area contributed by atoms with E-state index < -0.39 is 12.0 Å². The largest absolute Gasteiger partial charge is 0.308 e. The first-order chi connectivity index (χ1) is 8.12. The average molecular weight is 239 g/mol. The lowest BCUT2D eigenvalue weighted by Gasteiger charge is -2.28. The van der Waals surface area contributed by atoms with Gasteiger partial charge in [-0.3, -0.25) is 0 Å². The summed E-state index contributed by atoms with van der Waals surface area (Å²) >= 11 is 0. The highest BCUT2D eigenvalue weighted by Gasteiger charge is 2.41. The fourth-order valence-corrected chi connectivity index (χ4v) is 2.47. The van der Waals surface area contributed by atoms with E-state index in [0.29, 0.717) is 18.5 Å². The monoisotopic (exact) mass is 239 g/mol. The van der Waals surface area contributed by atoms with Gasteiger partial charge in [0.25, 0.3) is 5.92 Å². The van der Waals surface area contributed by atoms with E-state index in [1.165, 1.54) is 0 Å². The standard InChI is InChI=1S/C14H19F2N/c1-11-7-4-5-8-12(11)14(15,16)13-9-3-2-6-10-17-13/h4-5,7-8,13,17H,2-3,6,9-10H2,1H3. The molecule has 94 valence electrons. The van der Waals surface area contributed by atoms with Crippen LogP contribution < -0.4 is 5.32 Å². The van der Waals surface area contributed by atoms with Gasteiger partial charge in [-0.05, 0) is 31.9 Å². The minimum atomic E-state index is -2.77. The van der Waals surface area contributed by atoms with Crippen molar-refractivity contribution in [3.63, 3.8) is 0 Å². The summed E-state index contributed by atoms with van der Waals surface area (Å²) in [5.41, 5.74) is 0.836. The molecule has 17 heavy (non-hydrogen) atoms. The molecule has 0 bridgehead atoms. The van der Waals surface area contributed by atoms with E-state index in [1.807, 2.05) is 0 Å². The molecule has 1 fully saturated rings. The van der Waals surface area contributed by atoms with Crippen LogP contribution >= 0.6 is 0 Å². The van der Waals surface area contributed by atoms with Crippen molar-refractivity contribution in [2.75, 3.05) is 6.54 Å². The SMILES string of the molecule is Cc1ccccc1C(F)(F)C1CCCCCN1. The highest BCUT2D eigenvalue weighted by Crippen LogP contribution is 2.36. The van der Waals surface area contributed by atoms with Crippen LogP contribution in [0.15, 0.2) is 24.3 Å². The molecular formula is C14H19F2N. The van der Waals surface area contributed by atoms with Gasteiger partial charge in [-0.25, -0.2) is 0 Å². The molecule has 1 aliphatic rings. The molecular weight excluding hydrogens is 220 g/mol. The summed E-state index contributed by atoms with van der Waals surface area (Å²) in [6.07, 6.45) is 3.49. The second-order valence-electron chi connectivity index (χ2n) is 4.79. The van der Waals surface area contributed by atoms with E-state index in [9.17, 15) is 8.78 Å². The number of rotatable bonds is 2. The molecule has 1 saturated heterocycles. The Morgan fingerprint density at radius 1 is 1.18 bits per heavy atom. The lowest BCUT2D eigenvalue weighted by atomic mass is 9.94. The van der Waals surface area contributed by atoms with Gasteiger partial charge >= 0.3 is 0 Å². The highest BCUT2D eigenvalue weighted by molar-refractivity contribution is 5.31. The van der Waals surface area contributed by atoms with E-state index in [2.05, 4.69) is 5.32 Å². The molecule has 1 aromatic rings. The van der Waals surface area contributed by atoms with E-state index in [-0.39, 0.29) is 5.56 Å². The zero-order valence-electron chi connectivity index (χ0n) is 10.2. The number of halogens is 2. The van der Waals surface area contributed by atoms with Gasteiger partial charge in [0.15, 0.2) is 0 Å². The molecule has 2 rings (SSSR count). The van der Waals surface area contributed by atoms with Crippen LogP contribution in [0.1, 0.15) is 36.8 Å². The molecule has 1 atom stereocenters. The number of aryl methyl sites for hydroxylation is 1. The first kappa shape index (κ1) is 12.5. The quantitative estimate of drug-likeness (QED) is 0.831. The Morgan fingerprint density at radius 2 is 1.94 bits per heavy atom. The topological polar surface area (TPSA) is 12.0 Å². The summed E-state index contributed by atoms with van der Waals surface area (Å²) in [5.74, 6) is -2.77. The van der Waals surface area contributed by atoms with Crippen LogP contribution in [0.4, 0.5) is 8.78 Å². The smallest absolute Gasteiger partial charge is 0.288 e. The average Bonchev–Trinajstić information content (AvgIpc) is 2.58. The van der Waals surface area contributed by atoms with Crippen LogP contribution in [0.3, 0.4) is 0 Å². The van der Waals surface area contributed by atoms with Crippen molar-refractivity contribution in [3.8, 4) is 0 Å². The summed E-state index contributed by atoms with van der Waals surface area (Å²) < 4.78 is 28.8. The Balaban J connectivity index is 2.25. The van der Waals surface area contributed by atoms with Crippen LogP contribution in [0.5, 0.6) is 0 Å². The number of alkyl halides is 2. The Bertz CT molecular complexity index is 368. The fourth-order valence-electron chi connectivity index (χ4n) is 2.47. The Hall–Kier alpha value is -0.960. The van der Waals surface area contributed by atoms with Gasteiger partial charge in [-0.1, -0.05) is 37.1 Å². The Morgan fingerprint density at radius 3 is 2.71 bits per heavy atom. The minimum Gasteiger partial charge on any atom is -0.308 e. The zero-order chi connectivity index (χ0) is 12.3. The molecule has 1 unspecified atom stereocenters. The van der Waals surface area contributed by atoms with Crippen molar-refractivity contribution in [1.82, 2.24) is 5.32 Å². The molecule has 3 heteroatoms. The summed E-state index contributed by atoms with van der Waals surface area (Å²) in [4.78, 5) is 0. The van der Waals surface area contributed by atoms with Crippen molar-refractivity contribution in [3.05, 3.63) is 35.4 Å².